The lowest BCUT2D eigenvalue weighted by Gasteiger charge is -2.07. The first-order valence-electron chi connectivity index (χ1n) is 5.63. The Morgan fingerprint density at radius 1 is 1.41 bits per heavy atom. The number of hydrogen-bond donors (Lipinski definition) is 1. The fourth-order valence-electron chi connectivity index (χ4n) is 2.12. The predicted octanol–water partition coefficient (Wildman–Crippen LogP) is 0.696. The summed E-state index contributed by atoms with van der Waals surface area (Å²) in [5.41, 5.74) is 9.15. The molecular formula is C11H18N6. The van der Waals surface area contributed by atoms with Gasteiger partial charge in [0, 0.05) is 24.3 Å². The molecule has 0 spiro atoms. The van der Waals surface area contributed by atoms with Crippen LogP contribution in [0.15, 0.2) is 6.33 Å². The highest BCUT2D eigenvalue weighted by molar-refractivity contribution is 5.27. The Balaban J connectivity index is 2.35. The molecule has 2 aromatic rings. The molecule has 0 amide bonds. The summed E-state index contributed by atoms with van der Waals surface area (Å²) in [6, 6.07) is 0.00301. The van der Waals surface area contributed by atoms with E-state index in [-0.39, 0.29) is 6.04 Å². The van der Waals surface area contributed by atoms with E-state index in [9.17, 15) is 0 Å². The highest BCUT2D eigenvalue weighted by Gasteiger charge is 2.15. The fourth-order valence-corrected chi connectivity index (χ4v) is 2.12. The highest BCUT2D eigenvalue weighted by atomic mass is 15.4. The number of aryl methyl sites for hydroxylation is 2. The largest absolute Gasteiger partial charge is 0.324 e. The smallest absolute Gasteiger partial charge is 0.148 e. The van der Waals surface area contributed by atoms with Gasteiger partial charge in [0.15, 0.2) is 0 Å². The molecule has 17 heavy (non-hydrogen) atoms. The Morgan fingerprint density at radius 2 is 2.12 bits per heavy atom. The van der Waals surface area contributed by atoms with Gasteiger partial charge in [0.25, 0.3) is 0 Å². The normalized spacial score (nSPS) is 13.0. The van der Waals surface area contributed by atoms with Crippen molar-refractivity contribution in [1.29, 1.82) is 0 Å². The Labute approximate surface area is 100 Å². The summed E-state index contributed by atoms with van der Waals surface area (Å²) in [4.78, 5) is 4.20. The van der Waals surface area contributed by atoms with Crippen LogP contribution >= 0.6 is 0 Å². The predicted molar refractivity (Wildman–Crippen MR) is 64.4 cm³/mol. The number of nitrogens with two attached hydrogens (primary N) is 1. The molecule has 6 nitrogen and oxygen atoms in total. The van der Waals surface area contributed by atoms with Crippen molar-refractivity contribution in [2.75, 3.05) is 0 Å². The van der Waals surface area contributed by atoms with Gasteiger partial charge in [-0.25, -0.2) is 4.98 Å². The number of hydrogen-bond acceptors (Lipinski definition) is 4. The van der Waals surface area contributed by atoms with E-state index in [0.717, 1.165) is 22.8 Å². The molecule has 2 N–H and O–H groups in total. The zero-order valence-electron chi connectivity index (χ0n) is 10.7. The van der Waals surface area contributed by atoms with E-state index in [1.807, 2.05) is 32.5 Å². The third-order valence-corrected chi connectivity index (χ3v) is 2.99. The van der Waals surface area contributed by atoms with Crippen LogP contribution in [0.4, 0.5) is 0 Å². The molecule has 1 unspecified atom stereocenters. The summed E-state index contributed by atoms with van der Waals surface area (Å²) >= 11 is 0. The van der Waals surface area contributed by atoms with E-state index in [1.54, 1.807) is 11.0 Å². The van der Waals surface area contributed by atoms with Gasteiger partial charge in [0.05, 0.1) is 5.69 Å². The summed E-state index contributed by atoms with van der Waals surface area (Å²) in [6.07, 6.45) is 1.55. The number of aromatic nitrogens is 5. The third-order valence-electron chi connectivity index (χ3n) is 2.99. The van der Waals surface area contributed by atoms with E-state index in [2.05, 4.69) is 15.2 Å². The molecule has 0 radical (unpaired) electrons. The molecule has 92 valence electrons. The maximum Gasteiger partial charge on any atom is 0.148 e. The second-order valence-corrected chi connectivity index (χ2v) is 4.33. The first-order valence-corrected chi connectivity index (χ1v) is 5.63. The minimum absolute atomic E-state index is 0.00301. The lowest BCUT2D eigenvalue weighted by molar-refractivity contribution is 0.592. The molecule has 0 aliphatic rings. The van der Waals surface area contributed by atoms with Crippen LogP contribution in [0.1, 0.15) is 35.7 Å². The second kappa shape index (κ2) is 4.29. The van der Waals surface area contributed by atoms with Crippen molar-refractivity contribution >= 4 is 0 Å². The third kappa shape index (κ3) is 2.08. The fraction of sp³-hybridized carbons (Fsp3) is 0.545. The standard InChI is InChI=1S/C11H18N6/c1-7(12)11-8(2)15-17(9(11)3)5-10-13-6-14-16(10)4/h6-7H,5,12H2,1-4H3. The van der Waals surface area contributed by atoms with Gasteiger partial charge in [0.2, 0.25) is 0 Å². The van der Waals surface area contributed by atoms with Crippen molar-refractivity contribution in [3.05, 3.63) is 29.1 Å². The van der Waals surface area contributed by atoms with E-state index in [4.69, 9.17) is 5.73 Å². The minimum Gasteiger partial charge on any atom is -0.324 e. The van der Waals surface area contributed by atoms with Gasteiger partial charge < -0.3 is 5.73 Å². The first-order chi connectivity index (χ1) is 8.00. The molecule has 0 aromatic carbocycles. The Morgan fingerprint density at radius 3 is 2.59 bits per heavy atom. The average molecular weight is 234 g/mol. The van der Waals surface area contributed by atoms with Gasteiger partial charge in [-0.1, -0.05) is 0 Å². The van der Waals surface area contributed by atoms with Gasteiger partial charge in [-0.3, -0.25) is 9.36 Å². The van der Waals surface area contributed by atoms with Crippen LogP contribution in [0.25, 0.3) is 0 Å². The van der Waals surface area contributed by atoms with Crippen LogP contribution in [-0.2, 0) is 13.6 Å². The topological polar surface area (TPSA) is 74.5 Å². The molecule has 2 rings (SSSR count). The lowest BCUT2D eigenvalue weighted by atomic mass is 10.1. The van der Waals surface area contributed by atoms with Gasteiger partial charge in [-0.15, -0.1) is 0 Å². The van der Waals surface area contributed by atoms with Crippen molar-refractivity contribution in [3.8, 4) is 0 Å². The van der Waals surface area contributed by atoms with E-state index >= 15 is 0 Å². The molecule has 0 saturated carbocycles. The lowest BCUT2D eigenvalue weighted by Crippen LogP contribution is -2.11. The van der Waals surface area contributed by atoms with Crippen LogP contribution in [0.3, 0.4) is 0 Å². The molecule has 1 atom stereocenters. The van der Waals surface area contributed by atoms with E-state index in [0.29, 0.717) is 6.54 Å². The SMILES string of the molecule is Cc1nn(Cc2ncnn2C)c(C)c1C(C)N. The van der Waals surface area contributed by atoms with Crippen molar-refractivity contribution in [2.24, 2.45) is 12.8 Å². The average Bonchev–Trinajstić information content (AvgIpc) is 2.73. The van der Waals surface area contributed by atoms with Crippen LogP contribution in [0, 0.1) is 13.8 Å². The summed E-state index contributed by atoms with van der Waals surface area (Å²) in [7, 11) is 1.88. The highest BCUT2D eigenvalue weighted by Crippen LogP contribution is 2.19. The van der Waals surface area contributed by atoms with Crippen molar-refractivity contribution in [1.82, 2.24) is 24.5 Å². The van der Waals surface area contributed by atoms with Gasteiger partial charge in [-0.05, 0) is 20.8 Å². The Bertz CT molecular complexity index is 522. The molecule has 6 heteroatoms. The zero-order valence-corrected chi connectivity index (χ0v) is 10.7. The molecule has 0 fully saturated rings. The summed E-state index contributed by atoms with van der Waals surface area (Å²) in [6.45, 7) is 6.62. The van der Waals surface area contributed by atoms with Gasteiger partial charge >= 0.3 is 0 Å². The number of rotatable bonds is 3. The van der Waals surface area contributed by atoms with Crippen LogP contribution in [-0.4, -0.2) is 24.5 Å². The Hall–Kier alpha value is -1.69. The second-order valence-electron chi connectivity index (χ2n) is 4.33. The maximum atomic E-state index is 5.95. The zero-order chi connectivity index (χ0) is 12.6. The molecule has 0 bridgehead atoms. The first kappa shape index (κ1) is 11.8. The van der Waals surface area contributed by atoms with Crippen molar-refractivity contribution < 1.29 is 0 Å². The van der Waals surface area contributed by atoms with E-state index < -0.39 is 0 Å². The molecular weight excluding hydrogens is 216 g/mol. The van der Waals surface area contributed by atoms with Crippen LogP contribution in [0.5, 0.6) is 0 Å². The quantitative estimate of drug-likeness (QED) is 0.848. The molecule has 0 saturated heterocycles. The minimum atomic E-state index is 0.00301. The van der Waals surface area contributed by atoms with Crippen LogP contribution in [0.2, 0.25) is 0 Å². The maximum absolute atomic E-state index is 5.95. The summed E-state index contributed by atoms with van der Waals surface area (Å²) in [5, 5.41) is 8.55. The summed E-state index contributed by atoms with van der Waals surface area (Å²) < 4.78 is 3.68. The molecule has 0 aliphatic heterocycles. The molecule has 2 heterocycles. The molecule has 2 aromatic heterocycles. The number of nitrogens with zero attached hydrogens (tertiary/aromatic N) is 5. The van der Waals surface area contributed by atoms with Gasteiger partial charge in [0.1, 0.15) is 18.7 Å². The molecule has 0 aliphatic carbocycles. The summed E-state index contributed by atoms with van der Waals surface area (Å²) in [5.74, 6) is 0.881. The van der Waals surface area contributed by atoms with Crippen molar-refractivity contribution in [2.45, 2.75) is 33.4 Å². The van der Waals surface area contributed by atoms with Gasteiger partial charge in [-0.2, -0.15) is 10.2 Å². The van der Waals surface area contributed by atoms with Crippen molar-refractivity contribution in [3.63, 3.8) is 0 Å². The van der Waals surface area contributed by atoms with E-state index in [1.165, 1.54) is 0 Å². The van der Waals surface area contributed by atoms with Crippen LogP contribution < -0.4 is 5.73 Å². The Kier molecular flexibility index (Phi) is 2.97. The monoisotopic (exact) mass is 234 g/mol.